The summed E-state index contributed by atoms with van der Waals surface area (Å²) in [5.74, 6) is 2.26. The van der Waals surface area contributed by atoms with Gasteiger partial charge in [0.25, 0.3) is 0 Å². The highest BCUT2D eigenvalue weighted by atomic mass is 16.5. The van der Waals surface area contributed by atoms with E-state index < -0.39 is 0 Å². The third-order valence-corrected chi connectivity index (χ3v) is 4.68. The van der Waals surface area contributed by atoms with E-state index in [2.05, 4.69) is 0 Å². The summed E-state index contributed by atoms with van der Waals surface area (Å²) in [6.45, 7) is 2.46. The molecule has 2 unspecified atom stereocenters. The molecule has 0 heterocycles. The predicted molar refractivity (Wildman–Crippen MR) is 82.3 cm³/mol. The summed E-state index contributed by atoms with van der Waals surface area (Å²) in [6.07, 6.45) is 8.32. The average molecular weight is 286 g/mol. The molecular weight excluding hydrogens is 264 g/mol. The number of hydrogen-bond donors (Lipinski definition) is 0. The molecule has 3 heteroatoms. The Morgan fingerprint density at radius 3 is 2.62 bits per heavy atom. The van der Waals surface area contributed by atoms with Gasteiger partial charge in [-0.1, -0.05) is 25.0 Å². The van der Waals surface area contributed by atoms with Gasteiger partial charge in [-0.3, -0.25) is 4.79 Å². The van der Waals surface area contributed by atoms with E-state index in [0.29, 0.717) is 18.3 Å². The normalized spacial score (nSPS) is 24.0. The Morgan fingerprint density at radius 2 is 1.90 bits per heavy atom. The number of carbonyl (C=O) groups excluding carboxylic acids is 1. The Morgan fingerprint density at radius 1 is 1.19 bits per heavy atom. The van der Waals surface area contributed by atoms with E-state index in [1.165, 1.54) is 6.42 Å². The van der Waals surface area contributed by atoms with Crippen LogP contribution < -0.4 is 9.47 Å². The van der Waals surface area contributed by atoms with Crippen LogP contribution in [0.1, 0.15) is 54.4 Å². The van der Waals surface area contributed by atoms with Crippen molar-refractivity contribution in [2.75, 3.05) is 13.7 Å². The Labute approximate surface area is 125 Å². The van der Waals surface area contributed by atoms with Gasteiger partial charge in [-0.2, -0.15) is 0 Å². The van der Waals surface area contributed by atoms with Gasteiger partial charge in [0.2, 0.25) is 0 Å². The van der Waals surface area contributed by atoms with Crippen LogP contribution in [-0.4, -0.2) is 19.5 Å². The first-order valence-corrected chi connectivity index (χ1v) is 7.77. The van der Waals surface area contributed by atoms with Gasteiger partial charge in [0, 0.05) is 11.5 Å². The summed E-state index contributed by atoms with van der Waals surface area (Å²) < 4.78 is 11.3. The maximum absolute atomic E-state index is 12.8. The van der Waals surface area contributed by atoms with Gasteiger partial charge in [0.15, 0.2) is 5.78 Å². The number of rotatable bonds is 4. The van der Waals surface area contributed by atoms with Crippen LogP contribution in [0.3, 0.4) is 0 Å². The van der Waals surface area contributed by atoms with Crippen molar-refractivity contribution in [3.63, 3.8) is 0 Å². The fourth-order valence-corrected chi connectivity index (χ4v) is 3.71. The van der Waals surface area contributed by atoms with E-state index in [4.69, 9.17) is 9.47 Å². The van der Waals surface area contributed by atoms with Crippen LogP contribution in [0.4, 0.5) is 0 Å². The van der Waals surface area contributed by atoms with Crippen LogP contribution in [0, 0.1) is 5.92 Å². The first-order valence-electron chi connectivity index (χ1n) is 7.77. The fraction of sp³-hybridized carbons (Fsp3) is 0.500. The second-order valence-corrected chi connectivity index (χ2v) is 5.80. The largest absolute Gasteiger partial charge is 0.496 e. The summed E-state index contributed by atoms with van der Waals surface area (Å²) >= 11 is 0. The number of ether oxygens (including phenoxy) is 2. The van der Waals surface area contributed by atoms with Crippen LogP contribution >= 0.6 is 0 Å². The number of methoxy groups -OCH3 is 1. The van der Waals surface area contributed by atoms with Gasteiger partial charge < -0.3 is 9.47 Å². The number of allylic oxidation sites excluding steroid dienone is 1. The van der Waals surface area contributed by atoms with Crippen molar-refractivity contribution < 1.29 is 14.3 Å². The highest BCUT2D eigenvalue weighted by Gasteiger charge is 2.44. The molecule has 3 nitrogen and oxygen atoms in total. The van der Waals surface area contributed by atoms with Gasteiger partial charge in [-0.05, 0) is 37.8 Å². The lowest BCUT2D eigenvalue weighted by molar-refractivity contribution is 0.0895. The summed E-state index contributed by atoms with van der Waals surface area (Å²) in [5.41, 5.74) is 1.86. The van der Waals surface area contributed by atoms with E-state index in [9.17, 15) is 4.79 Å². The van der Waals surface area contributed by atoms with E-state index in [1.54, 1.807) is 7.11 Å². The third-order valence-electron chi connectivity index (χ3n) is 4.68. The van der Waals surface area contributed by atoms with E-state index in [-0.39, 0.29) is 11.7 Å². The molecule has 0 spiro atoms. The maximum Gasteiger partial charge on any atom is 0.170 e. The Balaban J connectivity index is 2.04. The average Bonchev–Trinajstić information content (AvgIpc) is 2.82. The van der Waals surface area contributed by atoms with Crippen LogP contribution in [0.15, 0.2) is 24.3 Å². The lowest BCUT2D eigenvalue weighted by Gasteiger charge is -2.25. The van der Waals surface area contributed by atoms with Crippen LogP contribution in [0.5, 0.6) is 11.5 Å². The van der Waals surface area contributed by atoms with Crippen LogP contribution in [0.25, 0.3) is 0 Å². The van der Waals surface area contributed by atoms with Crippen molar-refractivity contribution in [2.45, 2.75) is 38.5 Å². The third kappa shape index (κ3) is 2.35. The number of Topliss-reactive ketones (excluding diaryl/α,β-unsaturated/α-hetero) is 1. The molecule has 0 bridgehead atoms. The van der Waals surface area contributed by atoms with Crippen molar-refractivity contribution in [3.05, 3.63) is 35.4 Å². The molecule has 0 N–H and O–H groups in total. The van der Waals surface area contributed by atoms with Gasteiger partial charge in [0.1, 0.15) is 18.1 Å². The molecule has 0 amide bonds. The molecule has 0 radical (unpaired) electrons. The van der Waals surface area contributed by atoms with Crippen LogP contribution in [-0.2, 0) is 0 Å². The van der Waals surface area contributed by atoms with Crippen molar-refractivity contribution in [2.24, 2.45) is 5.92 Å². The molecule has 0 saturated heterocycles. The number of hydrogen-bond acceptors (Lipinski definition) is 3. The topological polar surface area (TPSA) is 35.5 Å². The molecule has 1 aromatic rings. The minimum atomic E-state index is 0.133. The second kappa shape index (κ2) is 5.92. The molecule has 1 aromatic carbocycles. The summed E-state index contributed by atoms with van der Waals surface area (Å²) in [4.78, 5) is 12.8. The number of ketones is 1. The van der Waals surface area contributed by atoms with E-state index in [0.717, 1.165) is 36.1 Å². The Bertz CT molecular complexity index is 574. The zero-order valence-electron chi connectivity index (χ0n) is 12.7. The predicted octanol–water partition coefficient (Wildman–Crippen LogP) is 4.12. The van der Waals surface area contributed by atoms with Gasteiger partial charge in [-0.25, -0.2) is 0 Å². The molecule has 2 atom stereocenters. The number of carbonyl (C=O) groups is 1. The Kier molecular flexibility index (Phi) is 4.00. The molecule has 2 aliphatic rings. The maximum atomic E-state index is 12.8. The molecule has 3 rings (SSSR count). The standard InChI is InChI=1S/C18H22O3/c1-3-4-11-21-15-10-9-14(20-2)16-12-7-5-6-8-13(12)18(19)17(15)16/h3-4,9-10,12-13H,5-8,11H2,1-2H3/b4-3+. The quantitative estimate of drug-likeness (QED) is 0.781. The van der Waals surface area contributed by atoms with Crippen molar-refractivity contribution in [1.82, 2.24) is 0 Å². The number of fused-ring (bicyclic) bond motifs is 3. The molecule has 0 aromatic heterocycles. The molecule has 1 fully saturated rings. The first kappa shape index (κ1) is 14.2. The SMILES string of the molecule is C/C=C/COc1ccc(OC)c2c1C(=O)C1CCCCC21. The van der Waals surface area contributed by atoms with Crippen molar-refractivity contribution in [1.29, 1.82) is 0 Å². The van der Waals surface area contributed by atoms with Gasteiger partial charge in [-0.15, -0.1) is 0 Å². The highest BCUT2D eigenvalue weighted by Crippen LogP contribution is 2.52. The van der Waals surface area contributed by atoms with Crippen molar-refractivity contribution in [3.8, 4) is 11.5 Å². The summed E-state index contributed by atoms with van der Waals surface area (Å²) in [5, 5.41) is 0. The Hall–Kier alpha value is -1.77. The van der Waals surface area contributed by atoms with E-state index >= 15 is 0 Å². The molecule has 1 saturated carbocycles. The first-order chi connectivity index (χ1) is 10.3. The molecule has 0 aliphatic heterocycles. The molecule has 21 heavy (non-hydrogen) atoms. The molecular formula is C18H22O3. The summed E-state index contributed by atoms with van der Waals surface area (Å²) in [6, 6.07) is 3.81. The second-order valence-electron chi connectivity index (χ2n) is 5.80. The van der Waals surface area contributed by atoms with Gasteiger partial charge in [0.05, 0.1) is 12.7 Å². The minimum absolute atomic E-state index is 0.133. The molecule has 112 valence electrons. The van der Waals surface area contributed by atoms with E-state index in [1.807, 2.05) is 31.2 Å². The minimum Gasteiger partial charge on any atom is -0.496 e. The smallest absolute Gasteiger partial charge is 0.170 e. The monoisotopic (exact) mass is 286 g/mol. The summed E-state index contributed by atoms with van der Waals surface area (Å²) in [7, 11) is 1.68. The fourth-order valence-electron chi connectivity index (χ4n) is 3.71. The highest BCUT2D eigenvalue weighted by molar-refractivity contribution is 6.06. The lowest BCUT2D eigenvalue weighted by Crippen LogP contribution is -2.17. The molecule has 2 aliphatic carbocycles. The number of benzene rings is 1. The zero-order valence-corrected chi connectivity index (χ0v) is 12.7. The van der Waals surface area contributed by atoms with Crippen LogP contribution in [0.2, 0.25) is 0 Å². The van der Waals surface area contributed by atoms with Crippen molar-refractivity contribution >= 4 is 5.78 Å². The zero-order chi connectivity index (χ0) is 14.8. The van der Waals surface area contributed by atoms with Gasteiger partial charge >= 0.3 is 0 Å². The lowest BCUT2D eigenvalue weighted by atomic mass is 9.79.